The molecule has 0 fully saturated rings. The fraction of sp³-hybridized carbons (Fsp3) is 0.312. The number of aromatic carboxylic acids is 1. The first kappa shape index (κ1) is 15.0. The predicted octanol–water partition coefficient (Wildman–Crippen LogP) is 3.03. The Morgan fingerprint density at radius 1 is 1.38 bits per heavy atom. The van der Waals surface area contributed by atoms with E-state index < -0.39 is 5.97 Å². The van der Waals surface area contributed by atoms with Crippen LogP contribution in [0.3, 0.4) is 0 Å². The second-order valence-electron chi connectivity index (χ2n) is 5.10. The molecule has 0 aliphatic rings. The van der Waals surface area contributed by atoms with Crippen molar-refractivity contribution in [1.29, 1.82) is 0 Å². The summed E-state index contributed by atoms with van der Waals surface area (Å²) in [6.07, 6.45) is 4.90. The molecule has 5 nitrogen and oxygen atoms in total. The number of aromatic nitrogens is 2. The zero-order valence-corrected chi connectivity index (χ0v) is 12.1. The summed E-state index contributed by atoms with van der Waals surface area (Å²) in [7, 11) is 0. The van der Waals surface area contributed by atoms with Gasteiger partial charge in [0.2, 0.25) is 0 Å². The lowest BCUT2D eigenvalue weighted by Crippen LogP contribution is -2.19. The molecule has 0 radical (unpaired) electrons. The molecule has 0 amide bonds. The van der Waals surface area contributed by atoms with Crippen LogP contribution in [0.4, 0.5) is 0 Å². The SMILES string of the molecule is CC[C@H](C)[C@@H](c1ccc(C(=O)O)cc1)n1cncc1C=O. The first-order valence-corrected chi connectivity index (χ1v) is 6.88. The molecule has 1 aromatic carbocycles. The normalized spacial score (nSPS) is 13.6. The average Bonchev–Trinajstić information content (AvgIpc) is 2.96. The number of imidazole rings is 1. The Balaban J connectivity index is 2.45. The second kappa shape index (κ2) is 6.35. The van der Waals surface area contributed by atoms with Crippen LogP contribution >= 0.6 is 0 Å². The van der Waals surface area contributed by atoms with Crippen molar-refractivity contribution in [2.75, 3.05) is 0 Å². The van der Waals surface area contributed by atoms with Gasteiger partial charge in [0.25, 0.3) is 0 Å². The first-order chi connectivity index (χ1) is 10.1. The molecular formula is C16H18N2O3. The number of nitrogens with zero attached hydrogens (tertiary/aromatic N) is 2. The minimum absolute atomic E-state index is 0.0412. The molecule has 0 aliphatic heterocycles. The van der Waals surface area contributed by atoms with Gasteiger partial charge >= 0.3 is 5.97 Å². The molecule has 5 heteroatoms. The van der Waals surface area contributed by atoms with E-state index >= 15 is 0 Å². The van der Waals surface area contributed by atoms with Crippen LogP contribution in [0.25, 0.3) is 0 Å². The van der Waals surface area contributed by atoms with Gasteiger partial charge in [-0.1, -0.05) is 32.4 Å². The molecule has 110 valence electrons. The maximum atomic E-state index is 11.1. The largest absolute Gasteiger partial charge is 0.478 e. The third-order valence-corrected chi connectivity index (χ3v) is 3.80. The number of rotatable bonds is 6. The summed E-state index contributed by atoms with van der Waals surface area (Å²) in [4.78, 5) is 26.1. The van der Waals surface area contributed by atoms with Crippen LogP contribution in [0.1, 0.15) is 52.7 Å². The van der Waals surface area contributed by atoms with E-state index in [-0.39, 0.29) is 17.5 Å². The standard InChI is InChI=1S/C16H18N2O3/c1-3-11(2)15(18-10-17-8-14(18)9-19)12-4-6-13(7-5-12)16(20)21/h4-11,15H,3H2,1-2H3,(H,20,21)/t11-,15-/m0/s1. The predicted molar refractivity (Wildman–Crippen MR) is 78.6 cm³/mol. The molecule has 2 rings (SSSR count). The Labute approximate surface area is 123 Å². The van der Waals surface area contributed by atoms with Gasteiger partial charge in [-0.25, -0.2) is 9.78 Å². The van der Waals surface area contributed by atoms with Crippen LogP contribution in [-0.4, -0.2) is 26.9 Å². The van der Waals surface area contributed by atoms with Gasteiger partial charge in [-0.2, -0.15) is 0 Å². The number of hydrogen-bond donors (Lipinski definition) is 1. The quantitative estimate of drug-likeness (QED) is 0.828. The van der Waals surface area contributed by atoms with E-state index in [0.29, 0.717) is 5.69 Å². The molecule has 0 saturated carbocycles. The van der Waals surface area contributed by atoms with Crippen LogP contribution < -0.4 is 0 Å². The van der Waals surface area contributed by atoms with Crippen LogP contribution in [0, 0.1) is 5.92 Å². The minimum Gasteiger partial charge on any atom is -0.478 e. The Hall–Kier alpha value is -2.43. The van der Waals surface area contributed by atoms with Crippen LogP contribution in [0.2, 0.25) is 0 Å². The van der Waals surface area contributed by atoms with Gasteiger partial charge in [-0.05, 0) is 23.6 Å². The molecule has 1 heterocycles. The molecule has 1 N–H and O–H groups in total. The molecule has 1 aromatic heterocycles. The van der Waals surface area contributed by atoms with Gasteiger partial charge in [0.1, 0.15) is 5.69 Å². The molecule has 21 heavy (non-hydrogen) atoms. The summed E-state index contributed by atoms with van der Waals surface area (Å²) >= 11 is 0. The van der Waals surface area contributed by atoms with E-state index in [4.69, 9.17) is 5.11 Å². The van der Waals surface area contributed by atoms with Gasteiger partial charge in [0.15, 0.2) is 6.29 Å². The van der Waals surface area contributed by atoms with Crippen LogP contribution in [-0.2, 0) is 0 Å². The number of carboxylic acid groups (broad SMARTS) is 1. The van der Waals surface area contributed by atoms with Crippen LogP contribution in [0.5, 0.6) is 0 Å². The maximum Gasteiger partial charge on any atom is 0.335 e. The fourth-order valence-corrected chi connectivity index (χ4v) is 2.45. The number of hydrogen-bond acceptors (Lipinski definition) is 3. The Morgan fingerprint density at radius 2 is 2.05 bits per heavy atom. The van der Waals surface area contributed by atoms with Gasteiger partial charge in [-0.15, -0.1) is 0 Å². The zero-order chi connectivity index (χ0) is 15.4. The Kier molecular flexibility index (Phi) is 4.52. The van der Waals surface area contributed by atoms with Crippen molar-refractivity contribution in [2.45, 2.75) is 26.3 Å². The van der Waals surface area contributed by atoms with Crippen molar-refractivity contribution in [3.63, 3.8) is 0 Å². The summed E-state index contributed by atoms with van der Waals surface area (Å²) in [5.41, 5.74) is 1.74. The summed E-state index contributed by atoms with van der Waals surface area (Å²) in [6.45, 7) is 4.19. The van der Waals surface area contributed by atoms with E-state index in [0.717, 1.165) is 18.3 Å². The highest BCUT2D eigenvalue weighted by atomic mass is 16.4. The van der Waals surface area contributed by atoms with Crippen molar-refractivity contribution in [3.05, 3.63) is 53.6 Å². The van der Waals surface area contributed by atoms with E-state index in [1.165, 1.54) is 6.20 Å². The van der Waals surface area contributed by atoms with Crippen molar-refractivity contribution < 1.29 is 14.7 Å². The van der Waals surface area contributed by atoms with E-state index in [2.05, 4.69) is 18.8 Å². The number of benzene rings is 1. The lowest BCUT2D eigenvalue weighted by atomic mass is 9.91. The van der Waals surface area contributed by atoms with E-state index in [1.54, 1.807) is 30.6 Å². The molecule has 0 spiro atoms. The molecule has 0 aliphatic carbocycles. The monoisotopic (exact) mass is 286 g/mol. The topological polar surface area (TPSA) is 72.2 Å². The van der Waals surface area contributed by atoms with Crippen molar-refractivity contribution in [2.24, 2.45) is 5.92 Å². The summed E-state index contributed by atoms with van der Waals surface area (Å²) in [5.74, 6) is -0.661. The third-order valence-electron chi connectivity index (χ3n) is 3.80. The molecule has 2 atom stereocenters. The van der Waals surface area contributed by atoms with Crippen molar-refractivity contribution in [3.8, 4) is 0 Å². The lowest BCUT2D eigenvalue weighted by Gasteiger charge is -2.26. The maximum absolute atomic E-state index is 11.1. The van der Waals surface area contributed by atoms with E-state index in [9.17, 15) is 9.59 Å². The summed E-state index contributed by atoms with van der Waals surface area (Å²) in [5, 5.41) is 8.97. The number of aldehydes is 1. The first-order valence-electron chi connectivity index (χ1n) is 6.88. The minimum atomic E-state index is -0.946. The molecule has 0 bridgehead atoms. The number of carbonyl (C=O) groups excluding carboxylic acids is 1. The fourth-order valence-electron chi connectivity index (χ4n) is 2.45. The highest BCUT2D eigenvalue weighted by molar-refractivity contribution is 5.87. The van der Waals surface area contributed by atoms with E-state index in [1.807, 2.05) is 4.57 Å². The molecule has 0 saturated heterocycles. The number of carbonyl (C=O) groups is 2. The van der Waals surface area contributed by atoms with Gasteiger partial charge in [-0.3, -0.25) is 4.79 Å². The highest BCUT2D eigenvalue weighted by Crippen LogP contribution is 2.29. The Bertz CT molecular complexity index is 631. The van der Waals surface area contributed by atoms with Gasteiger partial charge < -0.3 is 9.67 Å². The summed E-state index contributed by atoms with van der Waals surface area (Å²) in [6, 6.07) is 6.74. The summed E-state index contributed by atoms with van der Waals surface area (Å²) < 4.78 is 1.84. The second-order valence-corrected chi connectivity index (χ2v) is 5.10. The van der Waals surface area contributed by atoms with Gasteiger partial charge in [0.05, 0.1) is 24.1 Å². The highest BCUT2D eigenvalue weighted by Gasteiger charge is 2.22. The zero-order valence-electron chi connectivity index (χ0n) is 12.1. The molecular weight excluding hydrogens is 268 g/mol. The lowest BCUT2D eigenvalue weighted by molar-refractivity contribution is 0.0696. The Morgan fingerprint density at radius 3 is 2.57 bits per heavy atom. The average molecular weight is 286 g/mol. The van der Waals surface area contributed by atoms with Crippen molar-refractivity contribution in [1.82, 2.24) is 9.55 Å². The third kappa shape index (κ3) is 3.02. The molecule has 2 aromatic rings. The smallest absolute Gasteiger partial charge is 0.335 e. The van der Waals surface area contributed by atoms with Gasteiger partial charge in [0, 0.05) is 0 Å². The van der Waals surface area contributed by atoms with Crippen molar-refractivity contribution >= 4 is 12.3 Å². The van der Waals surface area contributed by atoms with Crippen LogP contribution in [0.15, 0.2) is 36.8 Å². The molecule has 0 unspecified atom stereocenters. The number of carboxylic acids is 1.